The Kier molecular flexibility index (Phi) is 5.13. The zero-order valence-corrected chi connectivity index (χ0v) is 19.3. The predicted molar refractivity (Wildman–Crippen MR) is 115 cm³/mol. The second-order valence-electron chi connectivity index (χ2n) is 11.4. The van der Waals surface area contributed by atoms with E-state index in [4.69, 9.17) is 9.47 Å². The van der Waals surface area contributed by atoms with Crippen molar-refractivity contribution in [2.45, 2.75) is 88.6 Å². The SMILES string of the molecule is CC(=O)O[C@H]1C[C@]2(O)[C@@H]3CC[C@]4(O)C[C@@H](O)CC[C@]4(C=O)[C@H]3CC[C@]2(C)[C@H]1C1=CC(=O)OC1. The van der Waals surface area contributed by atoms with Crippen molar-refractivity contribution >= 4 is 18.2 Å². The maximum absolute atomic E-state index is 12.6. The molecule has 33 heavy (non-hydrogen) atoms. The molecule has 0 aromatic rings. The lowest BCUT2D eigenvalue weighted by molar-refractivity contribution is -0.248. The number of hydrogen-bond acceptors (Lipinski definition) is 8. The van der Waals surface area contributed by atoms with Crippen molar-refractivity contribution in [2.75, 3.05) is 6.61 Å². The van der Waals surface area contributed by atoms with Crippen molar-refractivity contribution in [3.8, 4) is 0 Å². The molecule has 8 heteroatoms. The largest absolute Gasteiger partial charge is 0.462 e. The van der Waals surface area contributed by atoms with E-state index in [0.29, 0.717) is 38.5 Å². The van der Waals surface area contributed by atoms with Crippen molar-refractivity contribution in [3.63, 3.8) is 0 Å². The van der Waals surface area contributed by atoms with Crippen LogP contribution in [0.2, 0.25) is 0 Å². The van der Waals surface area contributed by atoms with Crippen molar-refractivity contribution in [1.82, 2.24) is 0 Å². The van der Waals surface area contributed by atoms with Gasteiger partial charge in [-0.25, -0.2) is 4.79 Å². The highest BCUT2D eigenvalue weighted by Crippen LogP contribution is 2.70. The van der Waals surface area contributed by atoms with E-state index >= 15 is 0 Å². The summed E-state index contributed by atoms with van der Waals surface area (Å²) in [5.74, 6) is -1.73. The van der Waals surface area contributed by atoms with Crippen molar-refractivity contribution in [3.05, 3.63) is 11.6 Å². The first kappa shape index (κ1) is 23.0. The molecule has 0 unspecified atom stereocenters. The molecule has 5 rings (SSSR count). The van der Waals surface area contributed by atoms with Gasteiger partial charge in [-0.15, -0.1) is 0 Å². The molecule has 0 amide bonds. The van der Waals surface area contributed by atoms with Crippen molar-refractivity contribution in [1.29, 1.82) is 0 Å². The third-order valence-electron chi connectivity index (χ3n) is 10.1. The Hall–Kier alpha value is -1.77. The average molecular weight is 463 g/mol. The molecule has 5 aliphatic rings. The zero-order valence-electron chi connectivity index (χ0n) is 19.3. The first-order valence-electron chi connectivity index (χ1n) is 12.1. The Bertz CT molecular complexity index is 914. The lowest BCUT2D eigenvalue weighted by atomic mass is 9.41. The summed E-state index contributed by atoms with van der Waals surface area (Å²) in [7, 11) is 0. The Morgan fingerprint density at radius 1 is 1.15 bits per heavy atom. The molecular weight excluding hydrogens is 428 g/mol. The van der Waals surface area contributed by atoms with Crippen LogP contribution in [0.3, 0.4) is 0 Å². The van der Waals surface area contributed by atoms with Crippen LogP contribution in [0, 0.1) is 28.6 Å². The van der Waals surface area contributed by atoms with E-state index in [2.05, 4.69) is 0 Å². The predicted octanol–water partition coefficient (Wildman–Crippen LogP) is 1.44. The van der Waals surface area contributed by atoms with Gasteiger partial charge in [-0.05, 0) is 55.9 Å². The molecule has 0 aromatic heterocycles. The summed E-state index contributed by atoms with van der Waals surface area (Å²) in [6.07, 6.45) is 4.40. The number of aliphatic hydroxyl groups is 3. The summed E-state index contributed by atoms with van der Waals surface area (Å²) in [6, 6.07) is 0. The quantitative estimate of drug-likeness (QED) is 0.424. The fraction of sp³-hybridized carbons (Fsp3) is 0.800. The number of esters is 2. The minimum absolute atomic E-state index is 0.122. The Morgan fingerprint density at radius 3 is 2.52 bits per heavy atom. The maximum atomic E-state index is 12.6. The summed E-state index contributed by atoms with van der Waals surface area (Å²) in [5, 5.41) is 34.2. The molecular formula is C25H34O8. The van der Waals surface area contributed by atoms with E-state index in [9.17, 15) is 29.7 Å². The van der Waals surface area contributed by atoms with Crippen LogP contribution in [-0.4, -0.2) is 63.6 Å². The van der Waals surface area contributed by atoms with Gasteiger partial charge in [-0.3, -0.25) is 4.79 Å². The molecule has 4 saturated carbocycles. The highest BCUT2D eigenvalue weighted by molar-refractivity contribution is 5.85. The molecule has 9 atom stereocenters. The number of cyclic esters (lactones) is 1. The lowest BCUT2D eigenvalue weighted by Crippen LogP contribution is -2.68. The normalized spacial score (nSPS) is 51.0. The van der Waals surface area contributed by atoms with Crippen LogP contribution >= 0.6 is 0 Å². The van der Waals surface area contributed by atoms with Gasteiger partial charge in [0.05, 0.1) is 22.7 Å². The van der Waals surface area contributed by atoms with Crippen LogP contribution in [0.1, 0.15) is 65.2 Å². The first-order chi connectivity index (χ1) is 15.5. The molecule has 0 radical (unpaired) electrons. The molecule has 4 fully saturated rings. The summed E-state index contributed by atoms with van der Waals surface area (Å²) in [4.78, 5) is 36.4. The number of aldehydes is 1. The van der Waals surface area contributed by atoms with E-state index in [0.717, 1.165) is 11.9 Å². The van der Waals surface area contributed by atoms with Gasteiger partial charge in [0.2, 0.25) is 0 Å². The Labute approximate surface area is 193 Å². The van der Waals surface area contributed by atoms with Gasteiger partial charge < -0.3 is 29.6 Å². The van der Waals surface area contributed by atoms with E-state index in [1.165, 1.54) is 13.0 Å². The summed E-state index contributed by atoms with van der Waals surface area (Å²) >= 11 is 0. The number of hydrogen-bond donors (Lipinski definition) is 3. The number of rotatable bonds is 3. The van der Waals surface area contributed by atoms with Crippen molar-refractivity contribution in [2.24, 2.45) is 28.6 Å². The van der Waals surface area contributed by atoms with Crippen LogP contribution in [0.15, 0.2) is 11.6 Å². The monoisotopic (exact) mass is 462 g/mol. The van der Waals surface area contributed by atoms with Gasteiger partial charge in [0.25, 0.3) is 0 Å². The molecule has 3 N–H and O–H groups in total. The molecule has 1 heterocycles. The molecule has 0 aromatic carbocycles. The number of carbonyl (C=O) groups is 3. The standard InChI is InChI=1S/C25H34O8/c1-14(27)33-19-11-25(31)18-5-8-24(30)10-16(28)3-7-23(24,13-26)17(18)4-6-22(25,2)21(19)15-9-20(29)32-12-15/h9,13,16-19,21,28,30-31H,3-8,10-12H2,1-2H3/t16-,17-,18+,19-,21-,22+,23-,24-,25-/m0/s1. The number of aliphatic hydroxyl groups excluding tert-OH is 1. The number of fused-ring (bicyclic) bond motifs is 5. The minimum atomic E-state index is -1.28. The van der Waals surface area contributed by atoms with Gasteiger partial charge in [-0.2, -0.15) is 0 Å². The molecule has 0 bridgehead atoms. The van der Waals surface area contributed by atoms with E-state index in [-0.39, 0.29) is 37.2 Å². The van der Waals surface area contributed by atoms with Gasteiger partial charge in [0.15, 0.2) is 0 Å². The van der Waals surface area contributed by atoms with Crippen LogP contribution in [0.5, 0.6) is 0 Å². The van der Waals surface area contributed by atoms with Crippen LogP contribution in [0.25, 0.3) is 0 Å². The van der Waals surface area contributed by atoms with E-state index < -0.39 is 46.2 Å². The fourth-order valence-corrected chi connectivity index (χ4v) is 8.71. The van der Waals surface area contributed by atoms with Gasteiger partial charge in [0.1, 0.15) is 19.0 Å². The van der Waals surface area contributed by atoms with Crippen molar-refractivity contribution < 1.29 is 39.2 Å². The minimum Gasteiger partial charge on any atom is -0.462 e. The van der Waals surface area contributed by atoms with Crippen LogP contribution in [0.4, 0.5) is 0 Å². The smallest absolute Gasteiger partial charge is 0.331 e. The highest BCUT2D eigenvalue weighted by atomic mass is 16.5. The van der Waals surface area contributed by atoms with Crippen LogP contribution in [-0.2, 0) is 23.9 Å². The molecule has 8 nitrogen and oxygen atoms in total. The topological polar surface area (TPSA) is 130 Å². The lowest BCUT2D eigenvalue weighted by Gasteiger charge is -2.65. The summed E-state index contributed by atoms with van der Waals surface area (Å²) in [5.41, 5.74) is -3.46. The van der Waals surface area contributed by atoms with E-state index in [1.54, 1.807) is 0 Å². The average Bonchev–Trinajstić information content (AvgIpc) is 3.24. The second-order valence-corrected chi connectivity index (χ2v) is 11.4. The van der Waals surface area contributed by atoms with Gasteiger partial charge >= 0.3 is 11.9 Å². The second kappa shape index (κ2) is 7.36. The van der Waals surface area contributed by atoms with Crippen LogP contribution < -0.4 is 0 Å². The molecule has 1 aliphatic heterocycles. The van der Waals surface area contributed by atoms with E-state index in [1.807, 2.05) is 6.92 Å². The zero-order chi connectivity index (χ0) is 23.8. The van der Waals surface area contributed by atoms with Gasteiger partial charge in [0, 0.05) is 37.2 Å². The molecule has 0 saturated heterocycles. The Balaban J connectivity index is 1.56. The number of ether oxygens (including phenoxy) is 2. The third kappa shape index (κ3) is 2.96. The summed E-state index contributed by atoms with van der Waals surface area (Å²) < 4.78 is 10.9. The molecule has 0 spiro atoms. The summed E-state index contributed by atoms with van der Waals surface area (Å²) in [6.45, 7) is 3.46. The third-order valence-corrected chi connectivity index (χ3v) is 10.1. The molecule has 4 aliphatic carbocycles. The first-order valence-corrected chi connectivity index (χ1v) is 12.1. The van der Waals surface area contributed by atoms with Gasteiger partial charge in [-0.1, -0.05) is 6.92 Å². The molecule has 182 valence electrons. The number of carbonyl (C=O) groups excluding carboxylic acids is 3. The maximum Gasteiger partial charge on any atom is 0.331 e. The fourth-order valence-electron chi connectivity index (χ4n) is 8.71. The highest BCUT2D eigenvalue weighted by Gasteiger charge is 2.73. The Morgan fingerprint density at radius 2 is 1.88 bits per heavy atom.